The maximum atomic E-state index is 12.2. The topological polar surface area (TPSA) is 46.5 Å². The van der Waals surface area contributed by atoms with E-state index in [4.69, 9.17) is 4.74 Å². The second-order valence-electron chi connectivity index (χ2n) is 4.39. The molecule has 0 radical (unpaired) electrons. The van der Waals surface area contributed by atoms with Crippen LogP contribution < -0.4 is 4.74 Å². The maximum Gasteiger partial charge on any atom is 0.231 e. The van der Waals surface area contributed by atoms with Gasteiger partial charge < -0.3 is 9.84 Å². The van der Waals surface area contributed by atoms with E-state index in [0.717, 1.165) is 5.56 Å². The zero-order valence-corrected chi connectivity index (χ0v) is 11.6. The van der Waals surface area contributed by atoms with Crippen LogP contribution in [0.15, 0.2) is 53.1 Å². The molecular formula is C16H12O3S. The van der Waals surface area contributed by atoms with Crippen molar-refractivity contribution in [1.82, 2.24) is 0 Å². The number of allylic oxidation sites excluding steroid dienone is 1. The number of aromatic hydroxyl groups is 1. The van der Waals surface area contributed by atoms with Gasteiger partial charge in [-0.25, -0.2) is 0 Å². The van der Waals surface area contributed by atoms with E-state index < -0.39 is 0 Å². The molecule has 100 valence electrons. The highest BCUT2D eigenvalue weighted by molar-refractivity contribution is 7.98. The quantitative estimate of drug-likeness (QED) is 0.674. The van der Waals surface area contributed by atoms with Gasteiger partial charge in [-0.05, 0) is 42.2 Å². The van der Waals surface area contributed by atoms with E-state index in [1.54, 1.807) is 23.9 Å². The normalized spacial score (nSPS) is 15.2. The molecule has 0 bridgehead atoms. The van der Waals surface area contributed by atoms with Crippen LogP contribution in [0.3, 0.4) is 0 Å². The molecule has 0 spiro atoms. The third-order valence-corrected chi connectivity index (χ3v) is 3.81. The highest BCUT2D eigenvalue weighted by Gasteiger charge is 2.27. The molecule has 0 fully saturated rings. The molecular weight excluding hydrogens is 272 g/mol. The Morgan fingerprint density at radius 3 is 2.60 bits per heavy atom. The van der Waals surface area contributed by atoms with Crippen molar-refractivity contribution in [2.75, 3.05) is 6.26 Å². The Morgan fingerprint density at radius 1 is 1.15 bits per heavy atom. The summed E-state index contributed by atoms with van der Waals surface area (Å²) in [7, 11) is 0. The van der Waals surface area contributed by atoms with Crippen molar-refractivity contribution in [3.05, 3.63) is 59.4 Å². The van der Waals surface area contributed by atoms with Gasteiger partial charge in [-0.15, -0.1) is 11.8 Å². The molecule has 1 aliphatic rings. The van der Waals surface area contributed by atoms with Crippen LogP contribution in [-0.4, -0.2) is 17.1 Å². The fourth-order valence-corrected chi connectivity index (χ4v) is 2.44. The Kier molecular flexibility index (Phi) is 3.24. The van der Waals surface area contributed by atoms with Gasteiger partial charge in [0.1, 0.15) is 11.5 Å². The van der Waals surface area contributed by atoms with Crippen LogP contribution in [-0.2, 0) is 0 Å². The number of fused-ring (bicyclic) bond motifs is 1. The number of carbonyl (C=O) groups excluding carboxylic acids is 1. The second-order valence-corrected chi connectivity index (χ2v) is 5.27. The van der Waals surface area contributed by atoms with Crippen molar-refractivity contribution in [2.45, 2.75) is 4.90 Å². The minimum absolute atomic E-state index is 0.0853. The number of rotatable bonds is 2. The Balaban J connectivity index is 1.92. The fourth-order valence-electron chi connectivity index (χ4n) is 2.03. The summed E-state index contributed by atoms with van der Waals surface area (Å²) in [5.74, 6) is 0.612. The molecule has 0 saturated carbocycles. The predicted molar refractivity (Wildman–Crippen MR) is 79.3 cm³/mol. The van der Waals surface area contributed by atoms with Crippen LogP contribution in [0.5, 0.6) is 11.5 Å². The molecule has 2 aromatic carbocycles. The lowest BCUT2D eigenvalue weighted by atomic mass is 10.1. The summed E-state index contributed by atoms with van der Waals surface area (Å²) in [6.45, 7) is 0. The number of ketones is 1. The molecule has 2 aromatic rings. The number of thioether (sulfide) groups is 1. The van der Waals surface area contributed by atoms with E-state index in [2.05, 4.69) is 0 Å². The number of ether oxygens (including phenoxy) is 1. The van der Waals surface area contributed by atoms with Gasteiger partial charge in [0.25, 0.3) is 0 Å². The van der Waals surface area contributed by atoms with E-state index in [9.17, 15) is 9.90 Å². The van der Waals surface area contributed by atoms with Gasteiger partial charge in [-0.1, -0.05) is 12.1 Å². The molecule has 0 aliphatic carbocycles. The summed E-state index contributed by atoms with van der Waals surface area (Å²) in [5.41, 5.74) is 1.39. The Morgan fingerprint density at radius 2 is 1.90 bits per heavy atom. The van der Waals surface area contributed by atoms with Crippen LogP contribution in [0, 0.1) is 0 Å². The molecule has 0 atom stereocenters. The van der Waals surface area contributed by atoms with Gasteiger partial charge in [-0.2, -0.15) is 0 Å². The summed E-state index contributed by atoms with van der Waals surface area (Å²) < 4.78 is 5.51. The summed E-state index contributed by atoms with van der Waals surface area (Å²) in [6, 6.07) is 12.4. The first-order valence-corrected chi connectivity index (χ1v) is 7.31. The van der Waals surface area contributed by atoms with Gasteiger partial charge in [0.05, 0.1) is 5.56 Å². The number of hydrogen-bond acceptors (Lipinski definition) is 4. The number of hydrogen-bond donors (Lipinski definition) is 1. The number of carbonyl (C=O) groups is 1. The molecule has 20 heavy (non-hydrogen) atoms. The van der Waals surface area contributed by atoms with Crippen molar-refractivity contribution in [3.8, 4) is 11.5 Å². The first kappa shape index (κ1) is 12.8. The Labute approximate surface area is 120 Å². The van der Waals surface area contributed by atoms with Crippen LogP contribution >= 0.6 is 11.8 Å². The maximum absolute atomic E-state index is 12.2. The second kappa shape index (κ2) is 5.06. The minimum Gasteiger partial charge on any atom is -0.508 e. The predicted octanol–water partition coefficient (Wildman–Crippen LogP) is 3.73. The van der Waals surface area contributed by atoms with Gasteiger partial charge >= 0.3 is 0 Å². The molecule has 4 heteroatoms. The summed E-state index contributed by atoms with van der Waals surface area (Å²) >= 11 is 1.67. The molecule has 1 aliphatic heterocycles. The van der Waals surface area contributed by atoms with Gasteiger partial charge in [-0.3, -0.25) is 4.79 Å². The lowest BCUT2D eigenvalue weighted by Crippen LogP contribution is -1.97. The lowest BCUT2D eigenvalue weighted by Gasteiger charge is -2.00. The minimum atomic E-state index is -0.158. The van der Waals surface area contributed by atoms with Crippen LogP contribution in [0.4, 0.5) is 0 Å². The molecule has 3 rings (SSSR count). The number of Topliss-reactive ketones (excluding diaryl/α,β-unsaturated/α-hetero) is 1. The Hall–Kier alpha value is -2.20. The molecule has 0 unspecified atom stereocenters. The fraction of sp³-hybridized carbons (Fsp3) is 0.0625. The first-order valence-electron chi connectivity index (χ1n) is 6.09. The van der Waals surface area contributed by atoms with Crippen molar-refractivity contribution in [2.24, 2.45) is 0 Å². The third-order valence-electron chi connectivity index (χ3n) is 3.07. The molecule has 0 aromatic heterocycles. The van der Waals surface area contributed by atoms with Gasteiger partial charge in [0.15, 0.2) is 5.76 Å². The molecule has 0 amide bonds. The van der Waals surface area contributed by atoms with Crippen molar-refractivity contribution in [3.63, 3.8) is 0 Å². The number of phenols is 1. The SMILES string of the molecule is CSc1ccc(/C=C2\Oc3cc(O)ccc3C2=O)cc1. The van der Waals surface area contributed by atoms with Crippen LogP contribution in [0.1, 0.15) is 15.9 Å². The van der Waals surface area contributed by atoms with Crippen molar-refractivity contribution in [1.29, 1.82) is 0 Å². The highest BCUT2D eigenvalue weighted by Crippen LogP contribution is 2.34. The van der Waals surface area contributed by atoms with E-state index in [1.807, 2.05) is 30.5 Å². The zero-order chi connectivity index (χ0) is 14.1. The molecule has 0 saturated heterocycles. The first-order chi connectivity index (χ1) is 9.67. The average molecular weight is 284 g/mol. The van der Waals surface area contributed by atoms with E-state index in [1.165, 1.54) is 17.0 Å². The van der Waals surface area contributed by atoms with Gasteiger partial charge in [0.2, 0.25) is 5.78 Å². The largest absolute Gasteiger partial charge is 0.508 e. The Bertz CT molecular complexity index is 702. The monoisotopic (exact) mass is 284 g/mol. The van der Waals surface area contributed by atoms with Crippen molar-refractivity contribution >= 4 is 23.6 Å². The number of phenolic OH excluding ortho intramolecular Hbond substituents is 1. The van der Waals surface area contributed by atoms with E-state index in [-0.39, 0.29) is 17.3 Å². The average Bonchev–Trinajstić information content (AvgIpc) is 2.75. The smallest absolute Gasteiger partial charge is 0.231 e. The highest BCUT2D eigenvalue weighted by atomic mass is 32.2. The third kappa shape index (κ3) is 2.30. The molecule has 1 N–H and O–H groups in total. The number of benzene rings is 2. The van der Waals surface area contributed by atoms with Crippen LogP contribution in [0.25, 0.3) is 6.08 Å². The van der Waals surface area contributed by atoms with E-state index >= 15 is 0 Å². The van der Waals surface area contributed by atoms with Crippen molar-refractivity contribution < 1.29 is 14.6 Å². The molecule has 3 nitrogen and oxygen atoms in total. The van der Waals surface area contributed by atoms with Crippen LogP contribution in [0.2, 0.25) is 0 Å². The van der Waals surface area contributed by atoms with Gasteiger partial charge in [0, 0.05) is 11.0 Å². The summed E-state index contributed by atoms with van der Waals surface area (Å²) in [6.07, 6.45) is 3.73. The molecule has 1 heterocycles. The lowest BCUT2D eigenvalue weighted by molar-refractivity contribution is 0.101. The standard InChI is InChI=1S/C16H12O3S/c1-20-12-5-2-10(3-6-12)8-15-16(18)13-7-4-11(17)9-14(13)19-15/h2-9,17H,1H3/b15-8-. The summed E-state index contributed by atoms with van der Waals surface area (Å²) in [5, 5.41) is 9.40. The summed E-state index contributed by atoms with van der Waals surface area (Å²) in [4.78, 5) is 13.3. The van der Waals surface area contributed by atoms with E-state index in [0.29, 0.717) is 11.3 Å². The zero-order valence-electron chi connectivity index (χ0n) is 10.8.